The zero-order valence-electron chi connectivity index (χ0n) is 16.5. The standard InChI is InChI=1S/C19H31N3O4.HI/c1-4-20-19(21-12-7-11-18(23)25-5-2)22-16-9-6-10-17(15-16)26-14-8-13-24-3;/h6,9-10,15H,4-5,7-8,11-14H2,1-3H3,(H2,20,21,22);1H. The van der Waals surface area contributed by atoms with Gasteiger partial charge in [0.25, 0.3) is 0 Å². The molecule has 27 heavy (non-hydrogen) atoms. The van der Waals surface area contributed by atoms with Crippen molar-refractivity contribution < 1.29 is 19.0 Å². The summed E-state index contributed by atoms with van der Waals surface area (Å²) in [6.45, 7) is 6.80. The quantitative estimate of drug-likeness (QED) is 0.153. The van der Waals surface area contributed by atoms with Gasteiger partial charge in [-0.2, -0.15) is 0 Å². The normalized spacial score (nSPS) is 10.7. The molecule has 2 N–H and O–H groups in total. The van der Waals surface area contributed by atoms with Crippen LogP contribution in [0.4, 0.5) is 5.69 Å². The number of halogens is 1. The monoisotopic (exact) mass is 493 g/mol. The van der Waals surface area contributed by atoms with Gasteiger partial charge in [-0.25, -0.2) is 0 Å². The Balaban J connectivity index is 0.00000676. The van der Waals surface area contributed by atoms with E-state index in [1.165, 1.54) is 0 Å². The summed E-state index contributed by atoms with van der Waals surface area (Å²) in [7, 11) is 1.68. The van der Waals surface area contributed by atoms with Gasteiger partial charge in [0.15, 0.2) is 5.96 Å². The summed E-state index contributed by atoms with van der Waals surface area (Å²) in [6, 6.07) is 7.73. The van der Waals surface area contributed by atoms with Crippen molar-refractivity contribution in [2.75, 3.05) is 45.3 Å². The first-order chi connectivity index (χ1) is 12.7. The molecule has 7 nitrogen and oxygen atoms in total. The zero-order chi connectivity index (χ0) is 19.0. The van der Waals surface area contributed by atoms with Crippen molar-refractivity contribution in [1.29, 1.82) is 0 Å². The Morgan fingerprint density at radius 1 is 1.19 bits per heavy atom. The van der Waals surface area contributed by atoms with Crippen LogP contribution in [-0.2, 0) is 14.3 Å². The molecule has 8 heteroatoms. The molecule has 1 rings (SSSR count). The number of carbonyl (C=O) groups is 1. The van der Waals surface area contributed by atoms with Gasteiger partial charge in [0.2, 0.25) is 0 Å². The van der Waals surface area contributed by atoms with Crippen LogP contribution in [0, 0.1) is 0 Å². The lowest BCUT2D eigenvalue weighted by Gasteiger charge is -2.13. The minimum Gasteiger partial charge on any atom is -0.493 e. The van der Waals surface area contributed by atoms with E-state index in [0.717, 1.165) is 24.4 Å². The second-order valence-electron chi connectivity index (χ2n) is 5.52. The number of hydrogen-bond donors (Lipinski definition) is 2. The number of methoxy groups -OCH3 is 1. The van der Waals surface area contributed by atoms with Crippen molar-refractivity contribution in [1.82, 2.24) is 5.32 Å². The van der Waals surface area contributed by atoms with E-state index in [4.69, 9.17) is 14.2 Å². The van der Waals surface area contributed by atoms with Gasteiger partial charge < -0.3 is 24.8 Å². The number of guanidine groups is 1. The van der Waals surface area contributed by atoms with E-state index in [-0.39, 0.29) is 29.9 Å². The highest BCUT2D eigenvalue weighted by atomic mass is 127. The summed E-state index contributed by atoms with van der Waals surface area (Å²) in [4.78, 5) is 15.8. The van der Waals surface area contributed by atoms with Gasteiger partial charge in [0, 0.05) is 51.4 Å². The van der Waals surface area contributed by atoms with Crippen molar-refractivity contribution >= 4 is 41.6 Å². The highest BCUT2D eigenvalue weighted by Crippen LogP contribution is 2.17. The summed E-state index contributed by atoms with van der Waals surface area (Å²) in [5.74, 6) is 1.29. The molecule has 0 aliphatic heterocycles. The predicted molar refractivity (Wildman–Crippen MR) is 119 cm³/mol. The highest BCUT2D eigenvalue weighted by Gasteiger charge is 2.03. The van der Waals surface area contributed by atoms with Crippen LogP contribution in [0.25, 0.3) is 0 Å². The number of ether oxygens (including phenoxy) is 3. The summed E-state index contributed by atoms with van der Waals surface area (Å²) < 4.78 is 15.6. The number of rotatable bonds is 12. The van der Waals surface area contributed by atoms with Crippen LogP contribution < -0.4 is 15.4 Å². The number of nitrogens with zero attached hydrogens (tertiary/aromatic N) is 1. The van der Waals surface area contributed by atoms with E-state index >= 15 is 0 Å². The smallest absolute Gasteiger partial charge is 0.305 e. The maximum Gasteiger partial charge on any atom is 0.305 e. The summed E-state index contributed by atoms with van der Waals surface area (Å²) in [5, 5.41) is 6.44. The van der Waals surface area contributed by atoms with E-state index < -0.39 is 0 Å². The zero-order valence-corrected chi connectivity index (χ0v) is 18.8. The fourth-order valence-electron chi connectivity index (χ4n) is 2.15. The first kappa shape index (κ1) is 25.4. The second kappa shape index (κ2) is 16.6. The molecule has 0 aliphatic rings. The van der Waals surface area contributed by atoms with Crippen LogP contribution in [0.5, 0.6) is 5.75 Å². The Morgan fingerprint density at radius 3 is 2.70 bits per heavy atom. The van der Waals surface area contributed by atoms with Gasteiger partial charge in [-0.15, -0.1) is 24.0 Å². The van der Waals surface area contributed by atoms with Crippen molar-refractivity contribution in [3.05, 3.63) is 24.3 Å². The minimum absolute atomic E-state index is 0. The number of hydrogen-bond acceptors (Lipinski definition) is 5. The molecule has 0 unspecified atom stereocenters. The van der Waals surface area contributed by atoms with Gasteiger partial charge in [-0.3, -0.25) is 9.79 Å². The molecular formula is C19H32IN3O4. The third-order valence-electron chi connectivity index (χ3n) is 3.32. The topological polar surface area (TPSA) is 81.2 Å². The van der Waals surface area contributed by atoms with Gasteiger partial charge >= 0.3 is 5.97 Å². The average Bonchev–Trinajstić information content (AvgIpc) is 2.63. The second-order valence-corrected chi connectivity index (χ2v) is 5.52. The fraction of sp³-hybridized carbons (Fsp3) is 0.579. The van der Waals surface area contributed by atoms with Gasteiger partial charge in [0.1, 0.15) is 5.75 Å². The lowest BCUT2D eigenvalue weighted by Crippen LogP contribution is -2.30. The number of benzene rings is 1. The van der Waals surface area contributed by atoms with E-state index in [1.807, 2.05) is 31.2 Å². The Labute approximate surface area is 179 Å². The van der Waals surface area contributed by atoms with Crippen LogP contribution in [-0.4, -0.2) is 51.9 Å². The molecular weight excluding hydrogens is 461 g/mol. The first-order valence-corrected chi connectivity index (χ1v) is 9.12. The molecule has 0 heterocycles. The summed E-state index contributed by atoms with van der Waals surface area (Å²) >= 11 is 0. The SMILES string of the molecule is CCNC(=NCCCC(=O)OCC)Nc1cccc(OCCCOC)c1.I. The lowest BCUT2D eigenvalue weighted by atomic mass is 10.3. The van der Waals surface area contributed by atoms with Crippen LogP contribution in [0.3, 0.4) is 0 Å². The number of aliphatic imine (C=N–C) groups is 1. The summed E-state index contributed by atoms with van der Waals surface area (Å²) in [6.07, 6.45) is 1.87. The van der Waals surface area contributed by atoms with Crippen LogP contribution >= 0.6 is 24.0 Å². The highest BCUT2D eigenvalue weighted by molar-refractivity contribution is 14.0. The van der Waals surface area contributed by atoms with Crippen LogP contribution in [0.15, 0.2) is 29.3 Å². The molecule has 0 aromatic heterocycles. The average molecular weight is 493 g/mol. The third-order valence-corrected chi connectivity index (χ3v) is 3.32. The van der Waals surface area contributed by atoms with Crippen molar-refractivity contribution in [2.45, 2.75) is 33.1 Å². The number of nitrogens with one attached hydrogen (secondary N) is 2. The van der Waals surface area contributed by atoms with Gasteiger partial charge in [-0.05, 0) is 32.4 Å². The van der Waals surface area contributed by atoms with Crippen molar-refractivity contribution in [3.8, 4) is 5.75 Å². The molecule has 0 saturated heterocycles. The molecule has 0 fully saturated rings. The molecule has 0 saturated carbocycles. The first-order valence-electron chi connectivity index (χ1n) is 9.12. The molecule has 1 aromatic carbocycles. The van der Waals surface area contributed by atoms with E-state index in [9.17, 15) is 4.79 Å². The van der Waals surface area contributed by atoms with E-state index in [0.29, 0.717) is 45.2 Å². The molecule has 0 amide bonds. The van der Waals surface area contributed by atoms with Crippen LogP contribution in [0.2, 0.25) is 0 Å². The maximum absolute atomic E-state index is 11.3. The van der Waals surface area contributed by atoms with Crippen molar-refractivity contribution in [3.63, 3.8) is 0 Å². The van der Waals surface area contributed by atoms with Gasteiger partial charge in [0.05, 0.1) is 13.2 Å². The molecule has 0 radical (unpaired) electrons. The maximum atomic E-state index is 11.3. The Bertz CT molecular complexity index is 556. The Morgan fingerprint density at radius 2 is 2.00 bits per heavy atom. The lowest BCUT2D eigenvalue weighted by molar-refractivity contribution is -0.143. The Hall–Kier alpha value is -1.55. The van der Waals surface area contributed by atoms with E-state index in [1.54, 1.807) is 14.0 Å². The number of esters is 1. The van der Waals surface area contributed by atoms with Gasteiger partial charge in [-0.1, -0.05) is 6.07 Å². The fourth-order valence-corrected chi connectivity index (χ4v) is 2.15. The van der Waals surface area contributed by atoms with Crippen LogP contribution in [0.1, 0.15) is 33.1 Å². The molecule has 1 aromatic rings. The number of anilines is 1. The number of carbonyl (C=O) groups excluding carboxylic acids is 1. The minimum atomic E-state index is -0.181. The van der Waals surface area contributed by atoms with Crippen molar-refractivity contribution in [2.24, 2.45) is 4.99 Å². The van der Waals surface area contributed by atoms with E-state index in [2.05, 4.69) is 15.6 Å². The third kappa shape index (κ3) is 12.5. The molecule has 0 aliphatic carbocycles. The predicted octanol–water partition coefficient (Wildman–Crippen LogP) is 3.44. The molecule has 0 atom stereocenters. The molecule has 0 spiro atoms. The molecule has 154 valence electrons. The Kier molecular flexibility index (Phi) is 15.7. The summed E-state index contributed by atoms with van der Waals surface area (Å²) in [5.41, 5.74) is 0.888. The largest absolute Gasteiger partial charge is 0.493 e. The molecule has 0 bridgehead atoms.